The van der Waals surface area contributed by atoms with E-state index in [4.69, 9.17) is 10.3 Å². The first-order valence-electron chi connectivity index (χ1n) is 6.09. The van der Waals surface area contributed by atoms with Gasteiger partial charge in [0.1, 0.15) is 0 Å². The van der Waals surface area contributed by atoms with Gasteiger partial charge in [0.15, 0.2) is 9.84 Å². The Labute approximate surface area is 124 Å². The molecule has 0 spiro atoms. The summed E-state index contributed by atoms with van der Waals surface area (Å²) in [5, 5.41) is 3.56. The molecule has 0 bridgehead atoms. The van der Waals surface area contributed by atoms with E-state index in [0.29, 0.717) is 26.6 Å². The zero-order chi connectivity index (χ0) is 14.3. The Balaban J connectivity index is 1.99. The molecule has 0 atom stereocenters. The highest BCUT2D eigenvalue weighted by Gasteiger charge is 2.37. The van der Waals surface area contributed by atoms with Gasteiger partial charge in [-0.15, -0.1) is 0 Å². The molecule has 1 aliphatic rings. The summed E-state index contributed by atoms with van der Waals surface area (Å²) >= 11 is 3.31. The lowest BCUT2D eigenvalue weighted by molar-refractivity contribution is 0.380. The quantitative estimate of drug-likeness (QED) is 0.896. The van der Waals surface area contributed by atoms with Crippen LogP contribution >= 0.6 is 15.9 Å². The van der Waals surface area contributed by atoms with Gasteiger partial charge < -0.3 is 10.3 Å². The Morgan fingerprint density at radius 3 is 2.70 bits per heavy atom. The number of hydrogen-bond donors (Lipinski definition) is 1. The van der Waals surface area contributed by atoms with Crippen LogP contribution in [0.5, 0.6) is 0 Å². The summed E-state index contributed by atoms with van der Waals surface area (Å²) in [6.45, 7) is 0.169. The molecule has 0 radical (unpaired) electrons. The van der Waals surface area contributed by atoms with Crippen LogP contribution in [0.2, 0.25) is 0 Å². The minimum atomic E-state index is -3.23. The molecule has 1 aromatic carbocycles. The smallest absolute Gasteiger partial charge is 0.240 e. The van der Waals surface area contributed by atoms with Crippen molar-refractivity contribution in [3.8, 4) is 11.4 Å². The molecule has 20 heavy (non-hydrogen) atoms. The lowest BCUT2D eigenvalue weighted by atomic mass is 10.2. The molecule has 0 unspecified atom stereocenters. The molecular formula is C12H12BrN3O3S. The maximum Gasteiger partial charge on any atom is 0.240 e. The summed E-state index contributed by atoms with van der Waals surface area (Å²) in [6.07, 6.45) is 1.47. The van der Waals surface area contributed by atoms with E-state index in [2.05, 4.69) is 26.1 Å². The Kier molecular flexibility index (Phi) is 3.39. The fourth-order valence-corrected chi connectivity index (χ4v) is 4.64. The van der Waals surface area contributed by atoms with E-state index in [9.17, 15) is 8.42 Å². The van der Waals surface area contributed by atoms with Crippen LogP contribution in [0.15, 0.2) is 32.1 Å². The van der Waals surface area contributed by atoms with Gasteiger partial charge in [0.25, 0.3) is 0 Å². The lowest BCUT2D eigenvalue weighted by Crippen LogP contribution is -2.07. The van der Waals surface area contributed by atoms with E-state index in [1.54, 1.807) is 18.2 Å². The molecule has 0 saturated heterocycles. The second kappa shape index (κ2) is 4.94. The maximum absolute atomic E-state index is 12.2. The van der Waals surface area contributed by atoms with Crippen LogP contribution in [0, 0.1) is 0 Å². The molecule has 1 aromatic heterocycles. The summed E-state index contributed by atoms with van der Waals surface area (Å²) in [5.41, 5.74) is 6.08. The first-order chi connectivity index (χ1) is 9.52. The molecule has 2 N–H and O–H groups in total. The fourth-order valence-electron chi connectivity index (χ4n) is 1.88. The molecule has 0 aliphatic heterocycles. The third-order valence-corrected chi connectivity index (χ3v) is 6.34. The molecule has 1 fully saturated rings. The highest BCUT2D eigenvalue weighted by atomic mass is 79.9. The monoisotopic (exact) mass is 357 g/mol. The molecular weight excluding hydrogens is 346 g/mol. The number of nitrogens with zero attached hydrogens (tertiary/aromatic N) is 2. The van der Waals surface area contributed by atoms with Crippen molar-refractivity contribution >= 4 is 25.8 Å². The van der Waals surface area contributed by atoms with Crippen LogP contribution in [0.1, 0.15) is 18.7 Å². The number of hydrogen-bond acceptors (Lipinski definition) is 6. The predicted octanol–water partition coefficient (Wildman–Crippen LogP) is 1.89. The van der Waals surface area contributed by atoms with Crippen molar-refractivity contribution in [2.45, 2.75) is 29.5 Å². The Morgan fingerprint density at radius 1 is 1.40 bits per heavy atom. The van der Waals surface area contributed by atoms with Gasteiger partial charge >= 0.3 is 0 Å². The lowest BCUT2D eigenvalue weighted by Gasteiger charge is -2.06. The number of rotatable bonds is 4. The summed E-state index contributed by atoms with van der Waals surface area (Å²) in [7, 11) is -3.23. The first-order valence-corrected chi connectivity index (χ1v) is 8.43. The van der Waals surface area contributed by atoms with Gasteiger partial charge in [0, 0.05) is 10.0 Å². The normalized spacial score (nSPS) is 15.5. The largest absolute Gasteiger partial charge is 0.338 e. The average molecular weight is 358 g/mol. The molecule has 6 nitrogen and oxygen atoms in total. The van der Waals surface area contributed by atoms with Gasteiger partial charge in [-0.1, -0.05) is 5.16 Å². The summed E-state index contributed by atoms with van der Waals surface area (Å²) in [6, 6.07) is 4.93. The second-order valence-electron chi connectivity index (χ2n) is 4.61. The fraction of sp³-hybridized carbons (Fsp3) is 0.333. The summed E-state index contributed by atoms with van der Waals surface area (Å²) in [4.78, 5) is 4.42. The van der Waals surface area contributed by atoms with E-state index in [-0.39, 0.29) is 11.8 Å². The topological polar surface area (TPSA) is 99.1 Å². The molecule has 1 aliphatic carbocycles. The van der Waals surface area contributed by atoms with Crippen molar-refractivity contribution in [2.75, 3.05) is 0 Å². The van der Waals surface area contributed by atoms with Gasteiger partial charge in [-0.05, 0) is 47.0 Å². The van der Waals surface area contributed by atoms with Crippen LogP contribution in [-0.4, -0.2) is 23.8 Å². The third-order valence-electron chi connectivity index (χ3n) is 3.10. The number of nitrogens with two attached hydrogens (primary N) is 1. The van der Waals surface area contributed by atoms with Crippen molar-refractivity contribution in [3.05, 3.63) is 28.6 Å². The maximum atomic E-state index is 12.2. The van der Waals surface area contributed by atoms with E-state index in [1.165, 1.54) is 0 Å². The summed E-state index contributed by atoms with van der Waals surface area (Å²) in [5.74, 6) is 0.729. The Morgan fingerprint density at radius 2 is 2.15 bits per heavy atom. The standard InChI is InChI=1S/C12H12BrN3O3S/c13-9-5-7(12-15-11(6-14)19-16-12)1-4-10(9)20(17,18)8-2-3-8/h1,4-5,8H,2-3,6,14H2. The van der Waals surface area contributed by atoms with Crippen molar-refractivity contribution in [1.82, 2.24) is 10.1 Å². The highest BCUT2D eigenvalue weighted by Crippen LogP contribution is 2.37. The van der Waals surface area contributed by atoms with Gasteiger partial charge in [0.2, 0.25) is 11.7 Å². The third kappa shape index (κ3) is 2.38. The average Bonchev–Trinajstić information content (AvgIpc) is 3.17. The van der Waals surface area contributed by atoms with Crippen molar-refractivity contribution in [3.63, 3.8) is 0 Å². The molecule has 1 heterocycles. The first kappa shape index (κ1) is 13.7. The van der Waals surface area contributed by atoms with Crippen molar-refractivity contribution in [1.29, 1.82) is 0 Å². The van der Waals surface area contributed by atoms with Gasteiger partial charge in [-0.2, -0.15) is 4.98 Å². The van der Waals surface area contributed by atoms with Crippen LogP contribution < -0.4 is 5.73 Å². The number of aromatic nitrogens is 2. The van der Waals surface area contributed by atoms with Crippen LogP contribution in [-0.2, 0) is 16.4 Å². The molecule has 8 heteroatoms. The highest BCUT2D eigenvalue weighted by molar-refractivity contribution is 9.10. The van der Waals surface area contributed by atoms with Crippen LogP contribution in [0.25, 0.3) is 11.4 Å². The van der Waals surface area contributed by atoms with Crippen LogP contribution in [0.3, 0.4) is 0 Å². The molecule has 0 amide bonds. The van der Waals surface area contributed by atoms with Gasteiger partial charge in [-0.3, -0.25) is 0 Å². The van der Waals surface area contributed by atoms with E-state index >= 15 is 0 Å². The Bertz CT molecular complexity index is 753. The van der Waals surface area contributed by atoms with Gasteiger partial charge in [0.05, 0.1) is 16.7 Å². The zero-order valence-corrected chi connectivity index (χ0v) is 12.8. The predicted molar refractivity (Wildman–Crippen MR) is 75.5 cm³/mol. The molecule has 106 valence electrons. The minimum absolute atomic E-state index is 0.169. The zero-order valence-electron chi connectivity index (χ0n) is 10.4. The summed E-state index contributed by atoms with van der Waals surface area (Å²) < 4.78 is 29.9. The van der Waals surface area contributed by atoms with Crippen molar-refractivity contribution in [2.24, 2.45) is 5.73 Å². The molecule has 3 rings (SSSR count). The Hall–Kier alpha value is -1.25. The molecule has 1 saturated carbocycles. The van der Waals surface area contributed by atoms with Gasteiger partial charge in [-0.25, -0.2) is 8.42 Å². The van der Waals surface area contributed by atoms with Crippen molar-refractivity contribution < 1.29 is 12.9 Å². The van der Waals surface area contributed by atoms with E-state index in [1.807, 2.05) is 0 Å². The SMILES string of the molecule is NCc1nc(-c2ccc(S(=O)(=O)C3CC3)c(Br)c2)no1. The van der Waals surface area contributed by atoms with E-state index in [0.717, 1.165) is 12.8 Å². The molecule has 2 aromatic rings. The number of sulfone groups is 1. The van der Waals surface area contributed by atoms with E-state index < -0.39 is 9.84 Å². The minimum Gasteiger partial charge on any atom is -0.338 e. The number of benzene rings is 1. The van der Waals surface area contributed by atoms with Crippen LogP contribution in [0.4, 0.5) is 0 Å². The number of halogens is 1. The second-order valence-corrected chi connectivity index (χ2v) is 7.66.